The van der Waals surface area contributed by atoms with Gasteiger partial charge < -0.3 is 5.32 Å². The highest BCUT2D eigenvalue weighted by atomic mass is 32.1. The molecule has 1 unspecified atom stereocenters. The third-order valence-corrected chi connectivity index (χ3v) is 4.37. The number of aryl methyl sites for hydroxylation is 3. The highest BCUT2D eigenvalue weighted by molar-refractivity contribution is 7.11. The molecule has 1 aromatic heterocycles. The third-order valence-electron chi connectivity index (χ3n) is 3.34. The van der Waals surface area contributed by atoms with E-state index in [1.807, 2.05) is 6.20 Å². The zero-order valence-corrected chi connectivity index (χ0v) is 13.7. The van der Waals surface area contributed by atoms with Gasteiger partial charge in [-0.2, -0.15) is 0 Å². The summed E-state index contributed by atoms with van der Waals surface area (Å²) in [5.74, 6) is 0. The Hall–Kier alpha value is -1.19. The number of hydrogen-bond acceptors (Lipinski definition) is 3. The van der Waals surface area contributed by atoms with E-state index in [9.17, 15) is 0 Å². The molecule has 2 nitrogen and oxygen atoms in total. The molecule has 0 fully saturated rings. The molecule has 1 aromatic carbocycles. The third kappa shape index (κ3) is 4.15. The summed E-state index contributed by atoms with van der Waals surface area (Å²) in [6, 6.07) is 7.19. The predicted molar refractivity (Wildman–Crippen MR) is 87.5 cm³/mol. The number of nitrogens with zero attached hydrogens (tertiary/aromatic N) is 1. The van der Waals surface area contributed by atoms with E-state index in [1.165, 1.54) is 21.6 Å². The van der Waals surface area contributed by atoms with Crippen LogP contribution >= 0.6 is 11.3 Å². The number of benzene rings is 1. The number of rotatable bonds is 6. The normalized spacial score (nSPS) is 12.6. The van der Waals surface area contributed by atoms with Crippen molar-refractivity contribution in [3.05, 3.63) is 51.0 Å². The first-order valence-corrected chi connectivity index (χ1v) is 8.13. The fourth-order valence-corrected chi connectivity index (χ4v) is 3.41. The van der Waals surface area contributed by atoms with E-state index in [-0.39, 0.29) is 0 Å². The molecule has 108 valence electrons. The average molecular weight is 288 g/mol. The van der Waals surface area contributed by atoms with Crippen molar-refractivity contribution >= 4 is 11.3 Å². The van der Waals surface area contributed by atoms with Gasteiger partial charge in [-0.15, -0.1) is 11.3 Å². The van der Waals surface area contributed by atoms with Gasteiger partial charge in [-0.1, -0.05) is 36.2 Å². The Morgan fingerprint density at radius 1 is 1.15 bits per heavy atom. The molecule has 0 aliphatic rings. The van der Waals surface area contributed by atoms with Crippen LogP contribution in [0.25, 0.3) is 0 Å². The zero-order chi connectivity index (χ0) is 14.5. The van der Waals surface area contributed by atoms with E-state index in [0.29, 0.717) is 6.04 Å². The van der Waals surface area contributed by atoms with E-state index >= 15 is 0 Å². The van der Waals surface area contributed by atoms with Gasteiger partial charge in [0.15, 0.2) is 0 Å². The first-order chi connectivity index (χ1) is 9.58. The second kappa shape index (κ2) is 7.00. The van der Waals surface area contributed by atoms with Crippen molar-refractivity contribution in [2.75, 3.05) is 6.54 Å². The van der Waals surface area contributed by atoms with Gasteiger partial charge in [-0.25, -0.2) is 4.98 Å². The molecule has 0 amide bonds. The van der Waals surface area contributed by atoms with E-state index in [1.54, 1.807) is 11.3 Å². The molecule has 0 aliphatic heterocycles. The van der Waals surface area contributed by atoms with Crippen LogP contribution in [-0.2, 0) is 6.42 Å². The molecule has 1 N–H and O–H groups in total. The number of hydrogen-bond donors (Lipinski definition) is 1. The van der Waals surface area contributed by atoms with Gasteiger partial charge in [0.2, 0.25) is 0 Å². The second-order valence-corrected chi connectivity index (χ2v) is 6.75. The maximum absolute atomic E-state index is 4.40. The lowest BCUT2D eigenvalue weighted by molar-refractivity contribution is 0.535. The summed E-state index contributed by atoms with van der Waals surface area (Å²) < 4.78 is 0. The van der Waals surface area contributed by atoms with Gasteiger partial charge >= 0.3 is 0 Å². The Kier molecular flexibility index (Phi) is 5.32. The van der Waals surface area contributed by atoms with Crippen molar-refractivity contribution in [2.24, 2.45) is 0 Å². The summed E-state index contributed by atoms with van der Waals surface area (Å²) in [6.45, 7) is 9.66. The molecule has 0 aliphatic carbocycles. The second-order valence-electron chi connectivity index (χ2n) is 5.49. The fraction of sp³-hybridized carbons (Fsp3) is 0.471. The summed E-state index contributed by atoms with van der Waals surface area (Å²) in [4.78, 5) is 5.74. The SMILES string of the molecule is CCCNC(Cc1cc(C)cc(C)c1)c1cnc(C)s1. The highest BCUT2D eigenvalue weighted by Gasteiger charge is 2.14. The molecule has 2 aromatic rings. The molecule has 20 heavy (non-hydrogen) atoms. The summed E-state index contributed by atoms with van der Waals surface area (Å²) in [6.07, 6.45) is 4.21. The maximum Gasteiger partial charge on any atom is 0.0897 e. The molecule has 1 atom stereocenters. The maximum atomic E-state index is 4.40. The minimum absolute atomic E-state index is 0.377. The van der Waals surface area contributed by atoms with E-state index in [2.05, 4.69) is 56.2 Å². The smallest absolute Gasteiger partial charge is 0.0897 e. The van der Waals surface area contributed by atoms with Crippen molar-refractivity contribution in [2.45, 2.75) is 46.6 Å². The molecule has 1 heterocycles. The summed E-state index contributed by atoms with van der Waals surface area (Å²) in [7, 11) is 0. The monoisotopic (exact) mass is 288 g/mol. The topological polar surface area (TPSA) is 24.9 Å². The number of thiazole rings is 1. The van der Waals surface area contributed by atoms with Crippen LogP contribution in [0.4, 0.5) is 0 Å². The predicted octanol–water partition coefficient (Wildman–Crippen LogP) is 4.35. The Bertz CT molecular complexity index is 540. The average Bonchev–Trinajstić information content (AvgIpc) is 2.80. The van der Waals surface area contributed by atoms with E-state index < -0.39 is 0 Å². The molecule has 0 radical (unpaired) electrons. The molecular weight excluding hydrogens is 264 g/mol. The lowest BCUT2D eigenvalue weighted by Crippen LogP contribution is -2.23. The van der Waals surface area contributed by atoms with Gasteiger partial charge in [-0.05, 0) is 45.7 Å². The molecule has 3 heteroatoms. The first kappa shape index (κ1) is 15.2. The Balaban J connectivity index is 2.18. The van der Waals surface area contributed by atoms with Crippen LogP contribution in [0.3, 0.4) is 0 Å². The van der Waals surface area contributed by atoms with E-state index in [0.717, 1.165) is 24.4 Å². The molecule has 0 saturated heterocycles. The zero-order valence-electron chi connectivity index (χ0n) is 12.9. The Labute approximate surface area is 126 Å². The highest BCUT2D eigenvalue weighted by Crippen LogP contribution is 2.25. The molecular formula is C17H24N2S. The Morgan fingerprint density at radius 2 is 1.85 bits per heavy atom. The quantitative estimate of drug-likeness (QED) is 0.854. The number of aromatic nitrogens is 1. The number of nitrogens with one attached hydrogen (secondary N) is 1. The van der Waals surface area contributed by atoms with Crippen molar-refractivity contribution < 1.29 is 0 Å². The molecule has 0 spiro atoms. The Morgan fingerprint density at radius 3 is 2.40 bits per heavy atom. The minimum atomic E-state index is 0.377. The minimum Gasteiger partial charge on any atom is -0.309 e. The first-order valence-electron chi connectivity index (χ1n) is 7.31. The van der Waals surface area contributed by atoms with Crippen molar-refractivity contribution in [3.63, 3.8) is 0 Å². The van der Waals surface area contributed by atoms with Crippen LogP contribution in [0.2, 0.25) is 0 Å². The van der Waals surface area contributed by atoms with Gasteiger partial charge in [0.1, 0.15) is 0 Å². The van der Waals surface area contributed by atoms with Gasteiger partial charge in [0, 0.05) is 17.1 Å². The van der Waals surface area contributed by atoms with Crippen LogP contribution < -0.4 is 5.32 Å². The molecule has 0 saturated carbocycles. The largest absolute Gasteiger partial charge is 0.309 e. The van der Waals surface area contributed by atoms with Crippen molar-refractivity contribution in [1.82, 2.24) is 10.3 Å². The van der Waals surface area contributed by atoms with Crippen LogP contribution in [0.5, 0.6) is 0 Å². The van der Waals surface area contributed by atoms with Crippen LogP contribution in [0, 0.1) is 20.8 Å². The summed E-state index contributed by atoms with van der Waals surface area (Å²) >= 11 is 1.80. The van der Waals surface area contributed by atoms with E-state index in [4.69, 9.17) is 0 Å². The van der Waals surface area contributed by atoms with Crippen molar-refractivity contribution in [1.29, 1.82) is 0 Å². The molecule has 2 rings (SSSR count). The summed E-state index contributed by atoms with van der Waals surface area (Å²) in [5.41, 5.74) is 4.09. The summed E-state index contributed by atoms with van der Waals surface area (Å²) in [5, 5.41) is 4.80. The van der Waals surface area contributed by atoms with Gasteiger partial charge in [0.05, 0.1) is 5.01 Å². The van der Waals surface area contributed by atoms with Crippen molar-refractivity contribution in [3.8, 4) is 0 Å². The van der Waals surface area contributed by atoms with Gasteiger partial charge in [0.25, 0.3) is 0 Å². The molecule has 0 bridgehead atoms. The van der Waals surface area contributed by atoms with Crippen LogP contribution in [-0.4, -0.2) is 11.5 Å². The lowest BCUT2D eigenvalue weighted by Gasteiger charge is -2.17. The fourth-order valence-electron chi connectivity index (χ4n) is 2.55. The van der Waals surface area contributed by atoms with Crippen LogP contribution in [0.15, 0.2) is 24.4 Å². The standard InChI is InChI=1S/C17H24N2S/c1-5-6-18-16(17-11-19-14(4)20-17)10-15-8-12(2)7-13(3)9-15/h7-9,11,16,18H,5-6,10H2,1-4H3. The van der Waals surface area contributed by atoms with Crippen LogP contribution in [0.1, 0.15) is 46.0 Å². The van der Waals surface area contributed by atoms with Gasteiger partial charge in [-0.3, -0.25) is 0 Å². The lowest BCUT2D eigenvalue weighted by atomic mass is 10.0.